The Kier molecular flexibility index (Phi) is 5.49. The van der Waals surface area contributed by atoms with E-state index in [-0.39, 0.29) is 5.78 Å². The molecule has 122 valence electrons. The van der Waals surface area contributed by atoms with Crippen LogP contribution in [-0.2, 0) is 4.79 Å². The first-order chi connectivity index (χ1) is 11.5. The summed E-state index contributed by atoms with van der Waals surface area (Å²) in [6, 6.07) is 15.9. The van der Waals surface area contributed by atoms with E-state index in [1.165, 1.54) is 0 Å². The molecule has 4 heteroatoms. The highest BCUT2D eigenvalue weighted by Crippen LogP contribution is 2.26. The zero-order chi connectivity index (χ0) is 17.1. The zero-order valence-corrected chi connectivity index (χ0v) is 16.5. The molecule has 1 saturated heterocycles. The Morgan fingerprint density at radius 1 is 0.833 bits per heavy atom. The van der Waals surface area contributed by atoms with Crippen LogP contribution in [0.5, 0.6) is 0 Å². The van der Waals surface area contributed by atoms with Gasteiger partial charge in [0.15, 0.2) is 5.78 Å². The van der Waals surface area contributed by atoms with Crippen molar-refractivity contribution in [3.05, 3.63) is 79.7 Å². The number of carbonyl (C=O) groups is 1. The minimum atomic E-state index is 0.125. The Labute approximate surface area is 159 Å². The van der Waals surface area contributed by atoms with E-state index in [4.69, 9.17) is 0 Å². The van der Waals surface area contributed by atoms with Crippen LogP contribution in [0.25, 0.3) is 12.2 Å². The van der Waals surface area contributed by atoms with Gasteiger partial charge in [-0.15, -0.1) is 0 Å². The molecule has 2 aromatic carbocycles. The second kappa shape index (κ2) is 7.60. The van der Waals surface area contributed by atoms with Gasteiger partial charge in [0.2, 0.25) is 0 Å². The van der Waals surface area contributed by atoms with Crippen molar-refractivity contribution in [1.82, 2.24) is 4.90 Å². The van der Waals surface area contributed by atoms with Crippen molar-refractivity contribution in [3.63, 3.8) is 0 Å². The average Bonchev–Trinajstić information content (AvgIpc) is 2.56. The van der Waals surface area contributed by atoms with E-state index in [0.717, 1.165) is 31.2 Å². The number of piperidine rings is 1. The summed E-state index contributed by atoms with van der Waals surface area (Å²) in [5, 5.41) is 0. The third-order valence-electron chi connectivity index (χ3n) is 3.93. The third kappa shape index (κ3) is 3.94. The van der Waals surface area contributed by atoms with Crippen molar-refractivity contribution in [2.24, 2.45) is 0 Å². The predicted octanol–water partition coefficient (Wildman–Crippen LogP) is 5.19. The number of carbonyl (C=O) groups excluding carboxylic acids is 1. The van der Waals surface area contributed by atoms with Crippen LogP contribution in [0.2, 0.25) is 0 Å². The number of nitrogens with zero attached hydrogens (tertiary/aromatic N) is 1. The molecule has 0 saturated carbocycles. The Morgan fingerprint density at radius 3 is 1.67 bits per heavy atom. The Bertz CT molecular complexity index is 772. The van der Waals surface area contributed by atoms with Gasteiger partial charge in [-0.25, -0.2) is 0 Å². The van der Waals surface area contributed by atoms with Crippen LogP contribution in [0.1, 0.15) is 11.1 Å². The molecule has 2 nitrogen and oxygen atoms in total. The summed E-state index contributed by atoms with van der Waals surface area (Å²) in [6.45, 7) is 1.32. The number of benzene rings is 2. The van der Waals surface area contributed by atoms with Gasteiger partial charge >= 0.3 is 0 Å². The predicted molar refractivity (Wildman–Crippen MR) is 107 cm³/mol. The summed E-state index contributed by atoms with van der Waals surface area (Å²) in [5.41, 5.74) is 3.68. The van der Waals surface area contributed by atoms with E-state index in [0.29, 0.717) is 13.1 Å². The number of ketones is 1. The van der Waals surface area contributed by atoms with E-state index in [1.54, 1.807) is 0 Å². The first-order valence-corrected chi connectivity index (χ1v) is 9.26. The molecule has 1 heterocycles. The highest BCUT2D eigenvalue weighted by atomic mass is 79.9. The van der Waals surface area contributed by atoms with Gasteiger partial charge in [-0.1, -0.05) is 68.3 Å². The standard InChI is InChI=1S/C20H17Br2NO/c1-23-12-16(10-14-6-2-4-8-18(14)21)20(24)17(13-23)11-15-7-3-5-9-19(15)22/h2-11H,12-13H2,1H3/b16-10+,17-11+. The van der Waals surface area contributed by atoms with E-state index in [9.17, 15) is 4.79 Å². The summed E-state index contributed by atoms with van der Waals surface area (Å²) < 4.78 is 1.99. The van der Waals surface area contributed by atoms with Crippen molar-refractivity contribution in [2.45, 2.75) is 0 Å². The molecule has 1 fully saturated rings. The fourth-order valence-electron chi connectivity index (χ4n) is 2.77. The van der Waals surface area contributed by atoms with Crippen LogP contribution in [0, 0.1) is 0 Å². The molecule has 0 aromatic heterocycles. The fourth-order valence-corrected chi connectivity index (χ4v) is 3.57. The molecule has 3 rings (SSSR count). The number of likely N-dealkylation sites (tertiary alicyclic amines) is 1. The first kappa shape index (κ1) is 17.3. The van der Waals surface area contributed by atoms with Crippen molar-refractivity contribution in [2.75, 3.05) is 20.1 Å². The summed E-state index contributed by atoms with van der Waals surface area (Å²) in [4.78, 5) is 15.1. The number of likely N-dealkylation sites (N-methyl/N-ethyl adjacent to an activating group) is 1. The van der Waals surface area contributed by atoms with E-state index in [2.05, 4.69) is 36.8 Å². The van der Waals surface area contributed by atoms with Crippen molar-refractivity contribution in [1.29, 1.82) is 0 Å². The van der Waals surface area contributed by atoms with Gasteiger partial charge in [0.1, 0.15) is 0 Å². The molecule has 0 N–H and O–H groups in total. The van der Waals surface area contributed by atoms with Crippen LogP contribution in [-0.4, -0.2) is 30.8 Å². The van der Waals surface area contributed by atoms with Crippen LogP contribution in [0.3, 0.4) is 0 Å². The molecule has 0 unspecified atom stereocenters. The molecule has 1 aliphatic rings. The molecular weight excluding hydrogens is 430 g/mol. The molecule has 0 amide bonds. The summed E-state index contributed by atoms with van der Waals surface area (Å²) >= 11 is 7.09. The lowest BCUT2D eigenvalue weighted by Gasteiger charge is -2.26. The molecule has 24 heavy (non-hydrogen) atoms. The molecular formula is C20H17Br2NO. The molecule has 2 aromatic rings. The minimum absolute atomic E-state index is 0.125. The Morgan fingerprint density at radius 2 is 1.25 bits per heavy atom. The highest BCUT2D eigenvalue weighted by Gasteiger charge is 2.24. The number of hydrogen-bond donors (Lipinski definition) is 0. The largest absolute Gasteiger partial charge is 0.298 e. The smallest absolute Gasteiger partial charge is 0.187 e. The second-order valence-electron chi connectivity index (χ2n) is 5.88. The summed E-state index contributed by atoms with van der Waals surface area (Å²) in [5.74, 6) is 0.125. The molecule has 0 bridgehead atoms. The van der Waals surface area contributed by atoms with E-state index >= 15 is 0 Å². The lowest BCUT2D eigenvalue weighted by molar-refractivity contribution is -0.113. The van der Waals surface area contributed by atoms with Gasteiger partial charge in [-0.05, 0) is 42.5 Å². The van der Waals surface area contributed by atoms with Crippen LogP contribution in [0.4, 0.5) is 0 Å². The lowest BCUT2D eigenvalue weighted by Crippen LogP contribution is -2.34. The maximum atomic E-state index is 12.9. The summed E-state index contributed by atoms with van der Waals surface area (Å²) in [6.07, 6.45) is 3.96. The molecule has 0 atom stereocenters. The van der Waals surface area contributed by atoms with Gasteiger partial charge in [0, 0.05) is 33.2 Å². The number of Topliss-reactive ketones (excluding diaryl/α,β-unsaturated/α-hetero) is 1. The normalized spacial score (nSPS) is 19.2. The van der Waals surface area contributed by atoms with E-state index in [1.807, 2.05) is 67.7 Å². The fraction of sp³-hybridized carbons (Fsp3) is 0.150. The zero-order valence-electron chi connectivity index (χ0n) is 13.3. The van der Waals surface area contributed by atoms with E-state index < -0.39 is 0 Å². The number of halogens is 2. The van der Waals surface area contributed by atoms with Crippen LogP contribution < -0.4 is 0 Å². The third-order valence-corrected chi connectivity index (χ3v) is 5.38. The van der Waals surface area contributed by atoms with Gasteiger partial charge in [-0.2, -0.15) is 0 Å². The lowest BCUT2D eigenvalue weighted by atomic mass is 9.94. The average molecular weight is 447 g/mol. The number of hydrogen-bond acceptors (Lipinski definition) is 2. The van der Waals surface area contributed by atoms with Gasteiger partial charge < -0.3 is 0 Å². The quantitative estimate of drug-likeness (QED) is 0.591. The topological polar surface area (TPSA) is 20.3 Å². The molecule has 0 spiro atoms. The van der Waals surface area contributed by atoms with Crippen molar-refractivity contribution < 1.29 is 4.79 Å². The highest BCUT2D eigenvalue weighted by molar-refractivity contribution is 9.10. The number of rotatable bonds is 2. The molecule has 0 radical (unpaired) electrons. The molecule has 1 aliphatic heterocycles. The van der Waals surface area contributed by atoms with Crippen LogP contribution in [0.15, 0.2) is 68.6 Å². The monoisotopic (exact) mass is 445 g/mol. The van der Waals surface area contributed by atoms with Gasteiger partial charge in [-0.3, -0.25) is 9.69 Å². The molecule has 0 aliphatic carbocycles. The maximum absolute atomic E-state index is 12.9. The maximum Gasteiger partial charge on any atom is 0.187 e. The van der Waals surface area contributed by atoms with Gasteiger partial charge in [0.25, 0.3) is 0 Å². The van der Waals surface area contributed by atoms with Crippen molar-refractivity contribution in [3.8, 4) is 0 Å². The Balaban J connectivity index is 1.98. The SMILES string of the molecule is CN1C/C(=C\c2ccccc2Br)C(=O)/C(=C/c2ccccc2Br)C1. The first-order valence-electron chi connectivity index (χ1n) is 7.68. The Hall–Kier alpha value is -1.49. The minimum Gasteiger partial charge on any atom is -0.298 e. The summed E-state index contributed by atoms with van der Waals surface area (Å²) in [7, 11) is 2.04. The van der Waals surface area contributed by atoms with Crippen molar-refractivity contribution >= 4 is 49.8 Å². The van der Waals surface area contributed by atoms with Gasteiger partial charge in [0.05, 0.1) is 0 Å². The second-order valence-corrected chi connectivity index (χ2v) is 7.59. The van der Waals surface area contributed by atoms with Crippen LogP contribution >= 0.6 is 31.9 Å².